The van der Waals surface area contributed by atoms with E-state index >= 15 is 0 Å². The number of aromatic nitrogens is 1. The molecule has 0 atom stereocenters. The molecule has 9 heteroatoms. The van der Waals surface area contributed by atoms with Crippen molar-refractivity contribution < 1.29 is 28.8 Å². The minimum atomic E-state index is -1.14. The highest BCUT2D eigenvalue weighted by atomic mass is 16.6. The van der Waals surface area contributed by atoms with Gasteiger partial charge in [0.25, 0.3) is 0 Å². The highest BCUT2D eigenvalue weighted by molar-refractivity contribution is 5.76. The van der Waals surface area contributed by atoms with Crippen molar-refractivity contribution in [1.29, 1.82) is 0 Å². The number of aliphatic carboxylic acids is 1. The minimum Gasteiger partial charge on any atom is -0.493 e. The van der Waals surface area contributed by atoms with E-state index in [2.05, 4.69) is 5.16 Å². The molecule has 0 amide bonds. The monoisotopic (exact) mass is 334 g/mol. The van der Waals surface area contributed by atoms with Crippen LogP contribution in [-0.4, -0.2) is 34.9 Å². The van der Waals surface area contributed by atoms with Crippen LogP contribution in [0.1, 0.15) is 17.0 Å². The number of rotatable bonds is 7. The second kappa shape index (κ2) is 7.27. The van der Waals surface area contributed by atoms with Crippen molar-refractivity contribution in [2.75, 3.05) is 13.7 Å². The molecule has 1 N–H and O–H groups in total. The maximum absolute atomic E-state index is 11.0. The third-order valence-corrected chi connectivity index (χ3v) is 3.02. The Balaban J connectivity index is 2.38. The average Bonchev–Trinajstić information content (AvgIpc) is 2.91. The third-order valence-electron chi connectivity index (χ3n) is 3.02. The molecule has 0 aliphatic rings. The summed E-state index contributed by atoms with van der Waals surface area (Å²) in [7, 11) is 1.42. The molecule has 0 aliphatic heterocycles. The minimum absolute atomic E-state index is 0.0236. The lowest BCUT2D eigenvalue weighted by atomic mass is 10.1. The molecule has 2 aromatic rings. The van der Waals surface area contributed by atoms with Crippen LogP contribution in [0.2, 0.25) is 0 Å². The van der Waals surface area contributed by atoms with Crippen LogP contribution in [0.25, 0.3) is 12.2 Å². The Morgan fingerprint density at radius 3 is 2.83 bits per heavy atom. The number of benzene rings is 1. The predicted octanol–water partition coefficient (Wildman–Crippen LogP) is 2.53. The van der Waals surface area contributed by atoms with E-state index in [1.165, 1.54) is 26.2 Å². The Morgan fingerprint density at radius 1 is 1.46 bits per heavy atom. The van der Waals surface area contributed by atoms with Gasteiger partial charge in [0.15, 0.2) is 23.8 Å². The van der Waals surface area contributed by atoms with Gasteiger partial charge in [-0.05, 0) is 25.1 Å². The lowest BCUT2D eigenvalue weighted by molar-refractivity contribution is -0.386. The average molecular weight is 334 g/mol. The molecule has 0 radical (unpaired) electrons. The van der Waals surface area contributed by atoms with Gasteiger partial charge in [-0.3, -0.25) is 10.1 Å². The molecule has 2 rings (SSSR count). The molecular formula is C15H14N2O7. The first-order valence-electron chi connectivity index (χ1n) is 6.74. The number of para-hydroxylation sites is 1. The zero-order valence-electron chi connectivity index (χ0n) is 12.9. The van der Waals surface area contributed by atoms with E-state index in [9.17, 15) is 14.9 Å². The molecule has 9 nitrogen and oxygen atoms in total. The van der Waals surface area contributed by atoms with Gasteiger partial charge in [-0.2, -0.15) is 0 Å². The van der Waals surface area contributed by atoms with Crippen LogP contribution in [0.15, 0.2) is 22.7 Å². The fraction of sp³-hybridized carbons (Fsp3) is 0.200. The van der Waals surface area contributed by atoms with E-state index in [0.717, 1.165) is 0 Å². The zero-order valence-corrected chi connectivity index (χ0v) is 12.9. The van der Waals surface area contributed by atoms with Gasteiger partial charge in [-0.15, -0.1) is 0 Å². The van der Waals surface area contributed by atoms with E-state index in [4.69, 9.17) is 19.1 Å². The molecule has 0 unspecified atom stereocenters. The van der Waals surface area contributed by atoms with Crippen molar-refractivity contribution in [2.45, 2.75) is 6.92 Å². The fourth-order valence-corrected chi connectivity index (χ4v) is 1.99. The van der Waals surface area contributed by atoms with Crippen LogP contribution in [0, 0.1) is 17.0 Å². The van der Waals surface area contributed by atoms with Crippen LogP contribution < -0.4 is 9.47 Å². The summed E-state index contributed by atoms with van der Waals surface area (Å²) in [5.74, 6) is -0.624. The summed E-state index contributed by atoms with van der Waals surface area (Å²) in [4.78, 5) is 21.1. The number of hydrogen-bond acceptors (Lipinski definition) is 7. The number of carboxylic acids is 1. The highest BCUT2D eigenvalue weighted by Crippen LogP contribution is 2.33. The van der Waals surface area contributed by atoms with Crippen molar-refractivity contribution in [1.82, 2.24) is 5.16 Å². The largest absolute Gasteiger partial charge is 0.493 e. The summed E-state index contributed by atoms with van der Waals surface area (Å²) in [6.07, 6.45) is 2.85. The van der Waals surface area contributed by atoms with Crippen molar-refractivity contribution in [3.8, 4) is 11.5 Å². The lowest BCUT2D eigenvalue weighted by Crippen LogP contribution is -2.10. The number of nitro groups is 1. The maximum Gasteiger partial charge on any atom is 0.341 e. The van der Waals surface area contributed by atoms with Gasteiger partial charge in [0, 0.05) is 5.56 Å². The Labute approximate surface area is 136 Å². The number of hydrogen-bond donors (Lipinski definition) is 1. The summed E-state index contributed by atoms with van der Waals surface area (Å²) >= 11 is 0. The summed E-state index contributed by atoms with van der Waals surface area (Å²) in [6, 6.07) is 4.92. The Morgan fingerprint density at radius 2 is 2.21 bits per heavy atom. The van der Waals surface area contributed by atoms with Crippen LogP contribution in [0.5, 0.6) is 11.5 Å². The summed E-state index contributed by atoms with van der Waals surface area (Å²) in [6.45, 7) is 0.911. The number of ether oxygens (including phenoxy) is 2. The smallest absolute Gasteiger partial charge is 0.341 e. The first kappa shape index (κ1) is 17.0. The molecule has 0 aliphatic carbocycles. The predicted molar refractivity (Wildman–Crippen MR) is 82.9 cm³/mol. The van der Waals surface area contributed by atoms with Gasteiger partial charge in [0.05, 0.1) is 12.0 Å². The van der Waals surface area contributed by atoms with Gasteiger partial charge in [0.1, 0.15) is 0 Å². The molecule has 1 aromatic heterocycles. The van der Waals surface area contributed by atoms with E-state index < -0.39 is 17.5 Å². The summed E-state index contributed by atoms with van der Waals surface area (Å²) < 4.78 is 15.3. The van der Waals surface area contributed by atoms with Gasteiger partial charge in [-0.25, -0.2) is 4.79 Å². The zero-order chi connectivity index (χ0) is 17.7. The topological polar surface area (TPSA) is 125 Å². The van der Waals surface area contributed by atoms with Crippen molar-refractivity contribution >= 4 is 23.8 Å². The van der Waals surface area contributed by atoms with Crippen LogP contribution >= 0.6 is 0 Å². The standard InChI is InChI=1S/C15H14N2O7/c1-9-14(17(20)21)11(24-16-9)7-6-10-4-3-5-12(22-2)15(10)23-8-13(18)19/h3-7H,8H2,1-2H3,(H,18,19)/b7-6-. The van der Waals surface area contributed by atoms with Gasteiger partial charge < -0.3 is 19.1 Å². The normalized spacial score (nSPS) is 10.8. The molecule has 0 fully saturated rings. The first-order valence-corrected chi connectivity index (χ1v) is 6.74. The SMILES string of the molecule is COc1cccc(/C=C\c2onc(C)c2[N+](=O)[O-])c1OCC(=O)O. The Kier molecular flexibility index (Phi) is 5.15. The molecule has 24 heavy (non-hydrogen) atoms. The van der Waals surface area contributed by atoms with E-state index in [-0.39, 0.29) is 22.9 Å². The number of carboxylic acid groups (broad SMARTS) is 1. The third kappa shape index (κ3) is 3.69. The van der Waals surface area contributed by atoms with E-state index in [1.807, 2.05) is 0 Å². The Bertz CT molecular complexity index is 795. The molecule has 0 saturated heterocycles. The van der Waals surface area contributed by atoms with Crippen molar-refractivity contribution in [3.05, 3.63) is 45.3 Å². The Hall–Kier alpha value is -3.36. The number of nitrogens with zero attached hydrogens (tertiary/aromatic N) is 2. The molecule has 1 heterocycles. The van der Waals surface area contributed by atoms with Gasteiger partial charge >= 0.3 is 11.7 Å². The lowest BCUT2D eigenvalue weighted by Gasteiger charge is -2.11. The molecule has 0 saturated carbocycles. The van der Waals surface area contributed by atoms with E-state index in [1.54, 1.807) is 18.2 Å². The quantitative estimate of drug-likeness (QED) is 0.605. The van der Waals surface area contributed by atoms with Crippen molar-refractivity contribution in [3.63, 3.8) is 0 Å². The van der Waals surface area contributed by atoms with Crippen LogP contribution in [0.3, 0.4) is 0 Å². The van der Waals surface area contributed by atoms with Gasteiger partial charge in [-0.1, -0.05) is 17.3 Å². The molecule has 0 bridgehead atoms. The number of carbonyl (C=O) groups is 1. The molecule has 1 aromatic carbocycles. The number of aryl methyl sites for hydroxylation is 1. The second-order valence-electron chi connectivity index (χ2n) is 4.63. The van der Waals surface area contributed by atoms with Crippen molar-refractivity contribution in [2.24, 2.45) is 0 Å². The maximum atomic E-state index is 11.0. The van der Waals surface area contributed by atoms with Crippen LogP contribution in [-0.2, 0) is 4.79 Å². The second-order valence-corrected chi connectivity index (χ2v) is 4.63. The van der Waals surface area contributed by atoms with Crippen LogP contribution in [0.4, 0.5) is 5.69 Å². The molecule has 0 spiro atoms. The summed E-state index contributed by atoms with van der Waals surface area (Å²) in [5, 5.41) is 23.3. The first-order chi connectivity index (χ1) is 11.4. The highest BCUT2D eigenvalue weighted by Gasteiger charge is 2.22. The summed E-state index contributed by atoms with van der Waals surface area (Å²) in [5.41, 5.74) is 0.397. The molecule has 126 valence electrons. The fourth-order valence-electron chi connectivity index (χ4n) is 1.99. The molecular weight excluding hydrogens is 320 g/mol. The van der Waals surface area contributed by atoms with E-state index in [0.29, 0.717) is 11.3 Å². The number of methoxy groups -OCH3 is 1. The van der Waals surface area contributed by atoms with Gasteiger partial charge in [0.2, 0.25) is 5.76 Å².